The van der Waals surface area contributed by atoms with Gasteiger partial charge in [0.15, 0.2) is 0 Å². The van der Waals surface area contributed by atoms with Gasteiger partial charge in [0.05, 0.1) is 21.8 Å². The Morgan fingerprint density at radius 1 is 0.774 bits per heavy atom. The molecule has 0 saturated carbocycles. The van der Waals surface area contributed by atoms with Crippen LogP contribution >= 0.6 is 11.6 Å². The summed E-state index contributed by atoms with van der Waals surface area (Å²) in [4.78, 5) is 29.3. The Bertz CT molecular complexity index is 1100. The van der Waals surface area contributed by atoms with Gasteiger partial charge in [-0.05, 0) is 42.5 Å². The molecule has 5 nitrogen and oxygen atoms in total. The Morgan fingerprint density at radius 2 is 1.35 bits per heavy atom. The number of halogens is 2. The number of piperazine rings is 1. The van der Waals surface area contributed by atoms with Crippen molar-refractivity contribution in [3.63, 3.8) is 0 Å². The number of hydrogen-bond acceptors (Lipinski definition) is 3. The average molecular weight is 438 g/mol. The predicted octanol–water partition coefficient (Wildman–Crippen LogP) is 4.82. The van der Waals surface area contributed by atoms with Crippen LogP contribution in [0.4, 0.5) is 15.8 Å². The highest BCUT2D eigenvalue weighted by Gasteiger charge is 2.27. The number of hydrogen-bond donors (Lipinski definition) is 1. The summed E-state index contributed by atoms with van der Waals surface area (Å²) in [5.74, 6) is -0.839. The first-order valence-corrected chi connectivity index (χ1v) is 10.4. The lowest BCUT2D eigenvalue weighted by atomic mass is 10.1. The lowest BCUT2D eigenvalue weighted by Gasteiger charge is -2.35. The Morgan fingerprint density at radius 3 is 2.00 bits per heavy atom. The molecule has 2 amide bonds. The second kappa shape index (κ2) is 9.18. The summed E-state index contributed by atoms with van der Waals surface area (Å²) in [7, 11) is 0. The van der Waals surface area contributed by atoms with Gasteiger partial charge in [-0.2, -0.15) is 0 Å². The normalized spacial score (nSPS) is 13.7. The number of rotatable bonds is 4. The van der Waals surface area contributed by atoms with Gasteiger partial charge in [-0.3, -0.25) is 9.59 Å². The Labute approximate surface area is 185 Å². The molecule has 0 aliphatic carbocycles. The van der Waals surface area contributed by atoms with Crippen molar-refractivity contribution >= 4 is 34.8 Å². The number of carbonyl (C=O) groups is 2. The van der Waals surface area contributed by atoms with Crippen LogP contribution in [0.1, 0.15) is 20.7 Å². The van der Waals surface area contributed by atoms with Crippen molar-refractivity contribution in [3.8, 4) is 0 Å². The van der Waals surface area contributed by atoms with Crippen molar-refractivity contribution in [1.29, 1.82) is 0 Å². The van der Waals surface area contributed by atoms with E-state index in [1.165, 1.54) is 12.1 Å². The highest BCUT2D eigenvalue weighted by molar-refractivity contribution is 6.33. The van der Waals surface area contributed by atoms with Crippen LogP contribution in [0, 0.1) is 5.82 Å². The van der Waals surface area contributed by atoms with Crippen LogP contribution in [0.2, 0.25) is 5.02 Å². The summed E-state index contributed by atoms with van der Waals surface area (Å²) in [5.41, 5.74) is 2.47. The van der Waals surface area contributed by atoms with Crippen molar-refractivity contribution in [1.82, 2.24) is 9.80 Å². The van der Waals surface area contributed by atoms with Crippen LogP contribution in [-0.2, 0) is 0 Å². The highest BCUT2D eigenvalue weighted by Crippen LogP contribution is 2.24. The molecule has 0 spiro atoms. The molecular formula is C24H21ClFN3O2. The molecule has 1 aliphatic rings. The van der Waals surface area contributed by atoms with Crippen LogP contribution < -0.4 is 5.32 Å². The molecule has 1 saturated heterocycles. The molecule has 1 heterocycles. The van der Waals surface area contributed by atoms with Gasteiger partial charge in [0.1, 0.15) is 5.82 Å². The van der Waals surface area contributed by atoms with E-state index in [0.717, 1.165) is 17.4 Å². The van der Waals surface area contributed by atoms with E-state index in [-0.39, 0.29) is 22.4 Å². The van der Waals surface area contributed by atoms with Gasteiger partial charge in [-0.1, -0.05) is 41.9 Å². The lowest BCUT2D eigenvalue weighted by molar-refractivity contribution is 0.0536. The van der Waals surface area contributed by atoms with Crippen LogP contribution in [0.5, 0.6) is 0 Å². The van der Waals surface area contributed by atoms with Gasteiger partial charge in [0, 0.05) is 31.9 Å². The largest absolute Gasteiger partial charge is 0.355 e. The minimum Gasteiger partial charge on any atom is -0.355 e. The molecule has 0 unspecified atom stereocenters. The van der Waals surface area contributed by atoms with E-state index in [9.17, 15) is 14.0 Å². The molecular weight excluding hydrogens is 417 g/mol. The van der Waals surface area contributed by atoms with E-state index in [1.807, 2.05) is 48.5 Å². The molecule has 1 aliphatic heterocycles. The minimum atomic E-state index is -0.486. The van der Waals surface area contributed by atoms with Gasteiger partial charge in [0.25, 0.3) is 11.8 Å². The Balaban J connectivity index is 1.44. The predicted molar refractivity (Wildman–Crippen MR) is 119 cm³/mol. The Kier molecular flexibility index (Phi) is 6.18. The number of para-hydroxylation sites is 2. The van der Waals surface area contributed by atoms with Crippen molar-refractivity contribution in [2.24, 2.45) is 0 Å². The minimum absolute atomic E-state index is 0.0874. The third kappa shape index (κ3) is 4.70. The molecule has 3 aromatic rings. The third-order valence-corrected chi connectivity index (χ3v) is 5.54. The summed E-state index contributed by atoms with van der Waals surface area (Å²) in [6.07, 6.45) is 0. The zero-order chi connectivity index (χ0) is 21.8. The molecule has 1 N–H and O–H groups in total. The van der Waals surface area contributed by atoms with Crippen LogP contribution in [0.15, 0.2) is 72.8 Å². The smallest absolute Gasteiger partial charge is 0.256 e. The molecule has 0 aromatic heterocycles. The third-order valence-electron chi connectivity index (χ3n) is 5.23. The van der Waals surface area contributed by atoms with E-state index in [1.54, 1.807) is 15.9 Å². The lowest BCUT2D eigenvalue weighted by Crippen LogP contribution is -2.50. The summed E-state index contributed by atoms with van der Waals surface area (Å²) < 4.78 is 13.3. The number of nitrogens with one attached hydrogen (secondary N) is 1. The van der Waals surface area contributed by atoms with Crippen molar-refractivity contribution in [2.75, 3.05) is 31.5 Å². The maximum atomic E-state index is 13.3. The van der Waals surface area contributed by atoms with Crippen molar-refractivity contribution in [2.45, 2.75) is 0 Å². The average Bonchev–Trinajstić information content (AvgIpc) is 2.79. The fourth-order valence-electron chi connectivity index (χ4n) is 3.57. The quantitative estimate of drug-likeness (QED) is 0.636. The second-order valence-electron chi connectivity index (χ2n) is 7.25. The van der Waals surface area contributed by atoms with E-state index in [0.29, 0.717) is 31.7 Å². The summed E-state index contributed by atoms with van der Waals surface area (Å²) in [5, 5.41) is 3.38. The van der Waals surface area contributed by atoms with E-state index < -0.39 is 5.82 Å². The summed E-state index contributed by atoms with van der Waals surface area (Å²) in [6, 6.07) is 20.8. The molecule has 4 rings (SSSR count). The van der Waals surface area contributed by atoms with Crippen LogP contribution in [-0.4, -0.2) is 47.8 Å². The van der Waals surface area contributed by atoms with Gasteiger partial charge in [0.2, 0.25) is 0 Å². The summed E-state index contributed by atoms with van der Waals surface area (Å²) in [6.45, 7) is 1.57. The monoisotopic (exact) mass is 437 g/mol. The fourth-order valence-corrected chi connectivity index (χ4v) is 3.82. The number of nitrogens with zero attached hydrogens (tertiary/aromatic N) is 2. The maximum Gasteiger partial charge on any atom is 0.256 e. The second-order valence-corrected chi connectivity index (χ2v) is 7.65. The first kappa shape index (κ1) is 20.9. The topological polar surface area (TPSA) is 52.7 Å². The van der Waals surface area contributed by atoms with Gasteiger partial charge in [-0.25, -0.2) is 4.39 Å². The maximum absolute atomic E-state index is 13.3. The number of benzene rings is 3. The molecule has 0 bridgehead atoms. The highest BCUT2D eigenvalue weighted by atomic mass is 35.5. The van der Waals surface area contributed by atoms with Gasteiger partial charge < -0.3 is 15.1 Å². The van der Waals surface area contributed by atoms with Crippen molar-refractivity contribution in [3.05, 3.63) is 94.8 Å². The van der Waals surface area contributed by atoms with Crippen LogP contribution in [0.25, 0.3) is 0 Å². The van der Waals surface area contributed by atoms with Crippen LogP contribution in [0.3, 0.4) is 0 Å². The zero-order valence-corrected chi connectivity index (χ0v) is 17.5. The van der Waals surface area contributed by atoms with Gasteiger partial charge >= 0.3 is 0 Å². The standard InChI is InChI=1S/C24H21ClFN3O2/c25-21-16-17(26)10-11-19(21)23(30)28-12-14-29(15-13-28)24(31)20-8-4-5-9-22(20)27-18-6-2-1-3-7-18/h1-11,16,27H,12-15H2. The molecule has 31 heavy (non-hydrogen) atoms. The molecule has 1 fully saturated rings. The van der Waals surface area contributed by atoms with E-state index in [4.69, 9.17) is 11.6 Å². The molecule has 3 aromatic carbocycles. The fraction of sp³-hybridized carbons (Fsp3) is 0.167. The zero-order valence-electron chi connectivity index (χ0n) is 16.7. The molecule has 7 heteroatoms. The molecule has 0 atom stereocenters. The SMILES string of the molecule is O=C(c1ccc(F)cc1Cl)N1CCN(C(=O)c2ccccc2Nc2ccccc2)CC1. The van der Waals surface area contributed by atoms with E-state index in [2.05, 4.69) is 5.32 Å². The first-order chi connectivity index (χ1) is 15.0. The van der Waals surface area contributed by atoms with Gasteiger partial charge in [-0.15, -0.1) is 0 Å². The molecule has 158 valence electrons. The van der Waals surface area contributed by atoms with Crippen molar-refractivity contribution < 1.29 is 14.0 Å². The summed E-state index contributed by atoms with van der Waals surface area (Å²) >= 11 is 6.03. The number of anilines is 2. The Hall–Kier alpha value is -3.38. The molecule has 0 radical (unpaired) electrons. The number of amides is 2. The first-order valence-electron chi connectivity index (χ1n) is 9.97. The number of carbonyl (C=O) groups excluding carboxylic acids is 2. The van der Waals surface area contributed by atoms with E-state index >= 15 is 0 Å².